The fourth-order valence-corrected chi connectivity index (χ4v) is 2.17. The van der Waals surface area contributed by atoms with Crippen LogP contribution in [-0.4, -0.2) is 30.5 Å². The molecule has 0 fully saturated rings. The molecular formula is C16H29NO3. The summed E-state index contributed by atoms with van der Waals surface area (Å²) in [6, 6.07) is 3.99. The maximum atomic E-state index is 9.92. The summed E-state index contributed by atoms with van der Waals surface area (Å²) in [5, 5.41) is 13.2. The Hall–Kier alpha value is -0.840. The second-order valence-electron chi connectivity index (χ2n) is 6.01. The van der Waals surface area contributed by atoms with Crippen LogP contribution >= 0.6 is 0 Å². The molecule has 0 saturated heterocycles. The molecule has 1 aromatic rings. The molecule has 0 saturated carbocycles. The van der Waals surface area contributed by atoms with Crippen LogP contribution in [0.2, 0.25) is 0 Å². The zero-order chi connectivity index (χ0) is 15.1. The second-order valence-corrected chi connectivity index (χ2v) is 6.01. The molecule has 4 nitrogen and oxygen atoms in total. The smallest absolute Gasteiger partial charge is 0.120 e. The van der Waals surface area contributed by atoms with E-state index in [2.05, 4.69) is 19.2 Å². The number of aryl methyl sites for hydroxylation is 1. The minimum absolute atomic E-state index is 0.0893. The van der Waals surface area contributed by atoms with Gasteiger partial charge in [0.05, 0.1) is 24.9 Å². The Kier molecular flexibility index (Phi) is 7.27. The molecule has 1 rings (SSSR count). The van der Waals surface area contributed by atoms with E-state index in [1.54, 1.807) is 0 Å². The molecule has 0 aliphatic carbocycles. The van der Waals surface area contributed by atoms with E-state index in [1.165, 1.54) is 0 Å². The van der Waals surface area contributed by atoms with Crippen LogP contribution in [0.5, 0.6) is 0 Å². The summed E-state index contributed by atoms with van der Waals surface area (Å²) >= 11 is 0. The number of furan rings is 1. The SMILES string of the molecule is Cc1ccc(C(C)NCC(O)COC(C)CC(C)C)o1. The Morgan fingerprint density at radius 3 is 2.50 bits per heavy atom. The first-order valence-electron chi connectivity index (χ1n) is 7.47. The molecule has 0 aromatic carbocycles. The summed E-state index contributed by atoms with van der Waals surface area (Å²) in [5.74, 6) is 2.41. The van der Waals surface area contributed by atoms with Gasteiger partial charge in [-0.1, -0.05) is 13.8 Å². The van der Waals surface area contributed by atoms with Crippen LogP contribution in [0.15, 0.2) is 16.5 Å². The van der Waals surface area contributed by atoms with Gasteiger partial charge < -0.3 is 19.6 Å². The summed E-state index contributed by atoms with van der Waals surface area (Å²) in [5.41, 5.74) is 0. The number of aliphatic hydroxyl groups excluding tert-OH is 1. The Morgan fingerprint density at radius 2 is 1.95 bits per heavy atom. The van der Waals surface area contributed by atoms with Crippen LogP contribution in [0.1, 0.15) is 51.7 Å². The number of rotatable bonds is 9. The van der Waals surface area contributed by atoms with E-state index in [0.29, 0.717) is 19.1 Å². The lowest BCUT2D eigenvalue weighted by Crippen LogP contribution is -2.33. The van der Waals surface area contributed by atoms with Gasteiger partial charge in [0.1, 0.15) is 11.5 Å². The van der Waals surface area contributed by atoms with E-state index in [9.17, 15) is 5.11 Å². The van der Waals surface area contributed by atoms with Gasteiger partial charge in [-0.2, -0.15) is 0 Å². The molecule has 0 radical (unpaired) electrons. The number of nitrogens with one attached hydrogen (secondary N) is 1. The Morgan fingerprint density at radius 1 is 1.25 bits per heavy atom. The topological polar surface area (TPSA) is 54.6 Å². The van der Waals surface area contributed by atoms with E-state index in [1.807, 2.05) is 32.9 Å². The van der Waals surface area contributed by atoms with E-state index in [0.717, 1.165) is 17.9 Å². The van der Waals surface area contributed by atoms with Gasteiger partial charge in [0.2, 0.25) is 0 Å². The Bertz CT molecular complexity index is 376. The molecule has 3 atom stereocenters. The minimum atomic E-state index is -0.497. The van der Waals surface area contributed by atoms with Gasteiger partial charge in [0, 0.05) is 6.54 Å². The largest absolute Gasteiger partial charge is 0.465 e. The van der Waals surface area contributed by atoms with Crippen molar-refractivity contribution in [2.24, 2.45) is 5.92 Å². The molecule has 20 heavy (non-hydrogen) atoms. The van der Waals surface area contributed by atoms with Crippen LogP contribution < -0.4 is 5.32 Å². The lowest BCUT2D eigenvalue weighted by atomic mass is 10.1. The third kappa shape index (κ3) is 6.55. The first-order valence-corrected chi connectivity index (χ1v) is 7.47. The highest BCUT2D eigenvalue weighted by Crippen LogP contribution is 2.15. The summed E-state index contributed by atoms with van der Waals surface area (Å²) in [7, 11) is 0. The maximum absolute atomic E-state index is 9.92. The first-order chi connectivity index (χ1) is 9.38. The van der Waals surface area contributed by atoms with Crippen molar-refractivity contribution in [3.05, 3.63) is 23.7 Å². The van der Waals surface area contributed by atoms with Crippen LogP contribution in [0.25, 0.3) is 0 Å². The highest BCUT2D eigenvalue weighted by Gasteiger charge is 2.13. The van der Waals surface area contributed by atoms with E-state index in [4.69, 9.17) is 9.15 Å². The summed E-state index contributed by atoms with van der Waals surface area (Å²) < 4.78 is 11.2. The number of aliphatic hydroxyl groups is 1. The van der Waals surface area contributed by atoms with Crippen molar-refractivity contribution in [3.63, 3.8) is 0 Å². The monoisotopic (exact) mass is 283 g/mol. The van der Waals surface area contributed by atoms with Crippen LogP contribution in [0.3, 0.4) is 0 Å². The first kappa shape index (κ1) is 17.2. The van der Waals surface area contributed by atoms with Crippen molar-refractivity contribution in [3.8, 4) is 0 Å². The van der Waals surface area contributed by atoms with E-state index in [-0.39, 0.29) is 12.1 Å². The highest BCUT2D eigenvalue weighted by atomic mass is 16.5. The van der Waals surface area contributed by atoms with Gasteiger partial charge >= 0.3 is 0 Å². The summed E-state index contributed by atoms with van der Waals surface area (Å²) in [4.78, 5) is 0. The molecule has 3 unspecified atom stereocenters. The second kappa shape index (κ2) is 8.45. The van der Waals surface area contributed by atoms with Gasteiger partial charge in [-0.15, -0.1) is 0 Å². The van der Waals surface area contributed by atoms with Crippen molar-refractivity contribution in [2.45, 2.75) is 59.3 Å². The van der Waals surface area contributed by atoms with E-state index >= 15 is 0 Å². The molecule has 4 heteroatoms. The zero-order valence-corrected chi connectivity index (χ0v) is 13.3. The minimum Gasteiger partial charge on any atom is -0.465 e. The van der Waals surface area contributed by atoms with E-state index < -0.39 is 6.10 Å². The number of hydrogen-bond donors (Lipinski definition) is 2. The molecule has 1 aromatic heterocycles. The summed E-state index contributed by atoms with van der Waals surface area (Å²) in [6.45, 7) is 11.2. The lowest BCUT2D eigenvalue weighted by molar-refractivity contribution is -0.00931. The molecule has 0 bridgehead atoms. The molecule has 116 valence electrons. The average molecular weight is 283 g/mol. The van der Waals surface area contributed by atoms with Crippen LogP contribution in [-0.2, 0) is 4.74 Å². The van der Waals surface area contributed by atoms with Crippen molar-refractivity contribution in [2.75, 3.05) is 13.2 Å². The van der Waals surface area contributed by atoms with Crippen molar-refractivity contribution in [1.82, 2.24) is 5.32 Å². The molecule has 0 spiro atoms. The average Bonchev–Trinajstić information content (AvgIpc) is 2.79. The van der Waals surface area contributed by atoms with Crippen molar-refractivity contribution < 1.29 is 14.3 Å². The van der Waals surface area contributed by atoms with Gasteiger partial charge in [-0.25, -0.2) is 0 Å². The number of hydrogen-bond acceptors (Lipinski definition) is 4. The molecule has 0 aliphatic heterocycles. The van der Waals surface area contributed by atoms with Crippen LogP contribution in [0.4, 0.5) is 0 Å². The predicted octanol–water partition coefficient (Wildman–Crippen LogP) is 3.05. The van der Waals surface area contributed by atoms with Gasteiger partial charge in [0.15, 0.2) is 0 Å². The predicted molar refractivity (Wildman–Crippen MR) is 80.7 cm³/mol. The molecule has 2 N–H and O–H groups in total. The third-order valence-corrected chi connectivity index (χ3v) is 3.22. The molecule has 1 heterocycles. The third-order valence-electron chi connectivity index (χ3n) is 3.22. The van der Waals surface area contributed by atoms with Crippen molar-refractivity contribution >= 4 is 0 Å². The zero-order valence-electron chi connectivity index (χ0n) is 13.3. The Labute approximate surface area is 122 Å². The van der Waals surface area contributed by atoms with Gasteiger partial charge in [-0.3, -0.25) is 0 Å². The van der Waals surface area contributed by atoms with Crippen LogP contribution in [0, 0.1) is 12.8 Å². The molecule has 0 amide bonds. The maximum Gasteiger partial charge on any atom is 0.120 e. The lowest BCUT2D eigenvalue weighted by Gasteiger charge is -2.19. The van der Waals surface area contributed by atoms with Gasteiger partial charge in [-0.05, 0) is 45.2 Å². The summed E-state index contributed by atoms with van der Waals surface area (Å²) in [6.07, 6.45) is 0.709. The van der Waals surface area contributed by atoms with Crippen molar-refractivity contribution in [1.29, 1.82) is 0 Å². The fourth-order valence-electron chi connectivity index (χ4n) is 2.17. The fraction of sp³-hybridized carbons (Fsp3) is 0.750. The quantitative estimate of drug-likeness (QED) is 0.731. The standard InChI is InChI=1S/C16H29NO3/c1-11(2)8-13(4)19-10-15(18)9-17-14(5)16-7-6-12(3)20-16/h6-7,11,13-15,17-18H,8-10H2,1-5H3. The molecule has 0 aliphatic rings. The normalized spacial score (nSPS) is 16.4. The van der Waals surface area contributed by atoms with Gasteiger partial charge in [0.25, 0.3) is 0 Å². The number of ether oxygens (including phenoxy) is 1. The molecular weight excluding hydrogens is 254 g/mol. The highest BCUT2D eigenvalue weighted by molar-refractivity contribution is 5.08. The Balaban J connectivity index is 2.21.